The van der Waals surface area contributed by atoms with Crippen LogP contribution in [0.25, 0.3) is 0 Å². The molecule has 0 aromatic carbocycles. The van der Waals surface area contributed by atoms with E-state index in [0.29, 0.717) is 13.2 Å². The van der Waals surface area contributed by atoms with Gasteiger partial charge in [0.25, 0.3) is 0 Å². The lowest BCUT2D eigenvalue weighted by Gasteiger charge is -2.22. The molecule has 1 N–H and O–H groups in total. The third kappa shape index (κ3) is 3.78. The maximum absolute atomic E-state index is 5.57. The highest BCUT2D eigenvalue weighted by Crippen LogP contribution is 2.28. The van der Waals surface area contributed by atoms with E-state index in [2.05, 4.69) is 40.2 Å². The van der Waals surface area contributed by atoms with E-state index in [1.165, 1.54) is 5.69 Å². The van der Waals surface area contributed by atoms with Crippen molar-refractivity contribution in [3.63, 3.8) is 0 Å². The van der Waals surface area contributed by atoms with Gasteiger partial charge in [-0.3, -0.25) is 4.68 Å². The number of nitrogens with zero attached hydrogens (tertiary/aromatic N) is 2. The second-order valence-electron chi connectivity index (χ2n) is 4.61. The first kappa shape index (κ1) is 15.0. The molecule has 0 saturated carbocycles. The summed E-state index contributed by atoms with van der Waals surface area (Å²) in [5.74, 6) is 0. The molecule has 1 aliphatic rings. The van der Waals surface area contributed by atoms with Crippen LogP contribution < -0.4 is 5.32 Å². The summed E-state index contributed by atoms with van der Waals surface area (Å²) in [6, 6.07) is 0.194. The highest BCUT2D eigenvalue weighted by molar-refractivity contribution is 9.10. The Morgan fingerprint density at radius 2 is 2.21 bits per heavy atom. The number of rotatable bonds is 7. The SMILES string of the molecule is CCCNC(CC1OCCO1)c1c(Br)cnn1CC. The zero-order chi connectivity index (χ0) is 13.7. The predicted molar refractivity (Wildman–Crippen MR) is 76.9 cm³/mol. The fourth-order valence-electron chi connectivity index (χ4n) is 2.32. The maximum atomic E-state index is 5.57. The molecule has 1 saturated heterocycles. The van der Waals surface area contributed by atoms with Gasteiger partial charge in [0.1, 0.15) is 0 Å². The topological polar surface area (TPSA) is 48.3 Å². The fourth-order valence-corrected chi connectivity index (χ4v) is 2.89. The average Bonchev–Trinajstić information content (AvgIpc) is 3.04. The van der Waals surface area contributed by atoms with Crippen molar-refractivity contribution in [2.75, 3.05) is 19.8 Å². The van der Waals surface area contributed by atoms with Crippen LogP contribution in [-0.2, 0) is 16.0 Å². The first-order valence-corrected chi connectivity index (χ1v) is 7.73. The lowest BCUT2D eigenvalue weighted by atomic mass is 10.1. The second kappa shape index (κ2) is 7.38. The number of aryl methyl sites for hydroxylation is 1. The van der Waals surface area contributed by atoms with Crippen LogP contribution in [0.4, 0.5) is 0 Å². The van der Waals surface area contributed by atoms with Gasteiger partial charge in [0.05, 0.1) is 35.6 Å². The summed E-state index contributed by atoms with van der Waals surface area (Å²) in [5.41, 5.74) is 1.18. The smallest absolute Gasteiger partial charge is 0.159 e. The third-order valence-electron chi connectivity index (χ3n) is 3.22. The standard InChI is InChI=1S/C13H22BrN3O2/c1-3-5-15-11(8-12-18-6-7-19-12)13-10(14)9-16-17(13)4-2/h9,11-12,15H,3-8H2,1-2H3. The molecule has 1 aliphatic heterocycles. The summed E-state index contributed by atoms with van der Waals surface area (Å²) < 4.78 is 14.2. The minimum absolute atomic E-state index is 0.110. The zero-order valence-corrected chi connectivity index (χ0v) is 13.1. The van der Waals surface area contributed by atoms with Gasteiger partial charge in [-0.05, 0) is 35.8 Å². The Hall–Kier alpha value is -0.430. The van der Waals surface area contributed by atoms with Crippen LogP contribution in [0.5, 0.6) is 0 Å². The fraction of sp³-hybridized carbons (Fsp3) is 0.769. The van der Waals surface area contributed by atoms with E-state index in [4.69, 9.17) is 9.47 Å². The maximum Gasteiger partial charge on any atom is 0.159 e. The van der Waals surface area contributed by atoms with E-state index < -0.39 is 0 Å². The molecule has 0 radical (unpaired) electrons. The molecule has 108 valence electrons. The molecular weight excluding hydrogens is 310 g/mol. The summed E-state index contributed by atoms with van der Waals surface area (Å²) in [6.45, 7) is 7.48. The molecule has 1 atom stereocenters. The average molecular weight is 332 g/mol. The number of hydrogen-bond acceptors (Lipinski definition) is 4. The van der Waals surface area contributed by atoms with Crippen LogP contribution in [-0.4, -0.2) is 35.8 Å². The molecule has 5 nitrogen and oxygen atoms in total. The summed E-state index contributed by atoms with van der Waals surface area (Å²) >= 11 is 3.59. The Balaban J connectivity index is 2.12. The largest absolute Gasteiger partial charge is 0.350 e. The zero-order valence-electron chi connectivity index (χ0n) is 11.6. The number of halogens is 1. The van der Waals surface area contributed by atoms with E-state index >= 15 is 0 Å². The van der Waals surface area contributed by atoms with Crippen molar-refractivity contribution < 1.29 is 9.47 Å². The van der Waals surface area contributed by atoms with Crippen molar-refractivity contribution in [2.45, 2.75) is 45.6 Å². The molecule has 2 rings (SSSR count). The number of aromatic nitrogens is 2. The molecule has 6 heteroatoms. The van der Waals surface area contributed by atoms with Gasteiger partial charge in [-0.25, -0.2) is 0 Å². The summed E-state index contributed by atoms with van der Waals surface area (Å²) in [6.07, 6.45) is 3.66. The predicted octanol–water partition coefficient (Wildman–Crippen LogP) is 2.47. The van der Waals surface area contributed by atoms with Gasteiger partial charge >= 0.3 is 0 Å². The molecule has 2 heterocycles. The summed E-state index contributed by atoms with van der Waals surface area (Å²) in [5, 5.41) is 7.95. The number of hydrogen-bond donors (Lipinski definition) is 1. The van der Waals surface area contributed by atoms with E-state index in [1.807, 2.05) is 10.9 Å². The Labute approximate surface area is 122 Å². The highest BCUT2D eigenvalue weighted by atomic mass is 79.9. The van der Waals surface area contributed by atoms with Crippen LogP contribution in [0.15, 0.2) is 10.7 Å². The van der Waals surface area contributed by atoms with Gasteiger partial charge in [0.15, 0.2) is 6.29 Å². The summed E-state index contributed by atoms with van der Waals surface area (Å²) in [7, 11) is 0. The van der Waals surface area contributed by atoms with Crippen LogP contribution in [0, 0.1) is 0 Å². The Morgan fingerprint density at radius 3 is 2.84 bits per heavy atom. The molecule has 19 heavy (non-hydrogen) atoms. The molecule has 1 unspecified atom stereocenters. The van der Waals surface area contributed by atoms with Crippen molar-refractivity contribution in [3.8, 4) is 0 Å². The van der Waals surface area contributed by atoms with E-state index in [9.17, 15) is 0 Å². The van der Waals surface area contributed by atoms with E-state index in [-0.39, 0.29) is 12.3 Å². The van der Waals surface area contributed by atoms with Gasteiger partial charge in [-0.2, -0.15) is 5.10 Å². The minimum Gasteiger partial charge on any atom is -0.350 e. The van der Waals surface area contributed by atoms with Crippen molar-refractivity contribution in [3.05, 3.63) is 16.4 Å². The second-order valence-corrected chi connectivity index (χ2v) is 5.46. The van der Waals surface area contributed by atoms with Crippen molar-refractivity contribution >= 4 is 15.9 Å². The Kier molecular flexibility index (Phi) is 5.81. The van der Waals surface area contributed by atoms with Crippen LogP contribution in [0.3, 0.4) is 0 Å². The molecule has 0 amide bonds. The van der Waals surface area contributed by atoms with Crippen molar-refractivity contribution in [1.82, 2.24) is 15.1 Å². The first-order chi connectivity index (χ1) is 9.26. The highest BCUT2D eigenvalue weighted by Gasteiger charge is 2.26. The van der Waals surface area contributed by atoms with Gasteiger partial charge in [-0.15, -0.1) is 0 Å². The van der Waals surface area contributed by atoms with Crippen molar-refractivity contribution in [1.29, 1.82) is 0 Å². The lowest BCUT2D eigenvalue weighted by molar-refractivity contribution is -0.0535. The molecule has 0 bridgehead atoms. The number of ether oxygens (including phenoxy) is 2. The molecule has 0 aliphatic carbocycles. The molecule has 1 aromatic rings. The van der Waals surface area contributed by atoms with E-state index in [0.717, 1.165) is 30.4 Å². The Morgan fingerprint density at radius 1 is 1.47 bits per heavy atom. The quantitative estimate of drug-likeness (QED) is 0.833. The lowest BCUT2D eigenvalue weighted by Crippen LogP contribution is -2.29. The van der Waals surface area contributed by atoms with Crippen LogP contribution in [0.2, 0.25) is 0 Å². The van der Waals surface area contributed by atoms with Crippen LogP contribution in [0.1, 0.15) is 38.4 Å². The number of nitrogens with one attached hydrogen (secondary N) is 1. The van der Waals surface area contributed by atoms with Gasteiger partial charge < -0.3 is 14.8 Å². The first-order valence-electron chi connectivity index (χ1n) is 6.94. The van der Waals surface area contributed by atoms with Gasteiger partial charge in [0.2, 0.25) is 0 Å². The normalized spacial score (nSPS) is 18.1. The van der Waals surface area contributed by atoms with E-state index in [1.54, 1.807) is 0 Å². The monoisotopic (exact) mass is 331 g/mol. The van der Waals surface area contributed by atoms with Gasteiger partial charge in [0, 0.05) is 13.0 Å². The van der Waals surface area contributed by atoms with Crippen molar-refractivity contribution in [2.24, 2.45) is 0 Å². The molecule has 1 aromatic heterocycles. The summed E-state index contributed by atoms with van der Waals surface area (Å²) in [4.78, 5) is 0. The van der Waals surface area contributed by atoms with Crippen LogP contribution >= 0.6 is 15.9 Å². The minimum atomic E-state index is -0.110. The molecule has 0 spiro atoms. The Bertz CT molecular complexity index is 391. The van der Waals surface area contributed by atoms with Gasteiger partial charge in [-0.1, -0.05) is 6.92 Å². The molecular formula is C13H22BrN3O2. The third-order valence-corrected chi connectivity index (χ3v) is 3.83. The molecule has 1 fully saturated rings.